The number of pyridine rings is 1. The first-order chi connectivity index (χ1) is 7.02. The summed E-state index contributed by atoms with van der Waals surface area (Å²) in [6.07, 6.45) is 0. The zero-order valence-electron chi connectivity index (χ0n) is 9.13. The summed E-state index contributed by atoms with van der Waals surface area (Å²) in [5.41, 5.74) is 3.29. The Hall–Kier alpha value is -1.62. The minimum absolute atomic E-state index is 0.116. The fraction of sp³-hybridized carbons (Fsp3) is 0.400. The highest BCUT2D eigenvalue weighted by Gasteiger charge is 2.15. The molecule has 1 aromatic heterocycles. The first-order valence-electron chi connectivity index (χ1n) is 4.74. The molecule has 0 saturated carbocycles. The van der Waals surface area contributed by atoms with Gasteiger partial charge in [-0.2, -0.15) is 0 Å². The van der Waals surface area contributed by atoms with Gasteiger partial charge in [-0.05, 0) is 32.4 Å². The van der Waals surface area contributed by atoms with E-state index in [1.54, 1.807) is 13.0 Å². The number of nitrogen functional groups attached to an aromatic ring is 1. The van der Waals surface area contributed by atoms with Gasteiger partial charge in [-0.3, -0.25) is 15.0 Å². The molecule has 0 spiro atoms. The molecule has 0 atom stereocenters. The number of carbonyl (C=O) groups is 1. The smallest absolute Gasteiger partial charge is 0.271 e. The summed E-state index contributed by atoms with van der Waals surface area (Å²) in [7, 11) is 0. The van der Waals surface area contributed by atoms with Crippen LogP contribution < -0.4 is 16.8 Å². The van der Waals surface area contributed by atoms with E-state index in [0.717, 1.165) is 5.69 Å². The minimum atomic E-state index is -0.542. The van der Waals surface area contributed by atoms with E-state index in [-0.39, 0.29) is 11.1 Å². The number of hydrazine groups is 1. The van der Waals surface area contributed by atoms with Gasteiger partial charge in [0.15, 0.2) is 0 Å². The third-order valence-electron chi connectivity index (χ3n) is 2.38. The first-order valence-corrected chi connectivity index (χ1v) is 4.74. The van der Waals surface area contributed by atoms with E-state index in [2.05, 4.69) is 0 Å². The molecule has 1 aromatic rings. The molecular formula is C10H15N3O2. The molecule has 0 aliphatic carbocycles. The van der Waals surface area contributed by atoms with Crippen LogP contribution in [0.2, 0.25) is 0 Å². The molecule has 0 aromatic carbocycles. The van der Waals surface area contributed by atoms with Crippen molar-refractivity contribution in [1.29, 1.82) is 0 Å². The molecule has 0 unspecified atom stereocenters. The van der Waals surface area contributed by atoms with Crippen LogP contribution >= 0.6 is 0 Å². The van der Waals surface area contributed by atoms with Crippen molar-refractivity contribution in [3.8, 4) is 0 Å². The fourth-order valence-electron chi connectivity index (χ4n) is 1.67. The standard InChI is InChI=1S/C10H15N3O2/c1-4-13-7(3)5-6(2)8(10(13)15)9(14)12-11/h5H,4,11H2,1-3H3,(H,12,14). The molecular weight excluding hydrogens is 194 g/mol. The molecule has 0 saturated heterocycles. The molecule has 0 radical (unpaired) electrons. The van der Waals surface area contributed by atoms with Gasteiger partial charge < -0.3 is 4.57 Å². The number of carbonyl (C=O) groups excluding carboxylic acids is 1. The molecule has 1 heterocycles. The van der Waals surface area contributed by atoms with E-state index < -0.39 is 5.91 Å². The van der Waals surface area contributed by atoms with E-state index >= 15 is 0 Å². The van der Waals surface area contributed by atoms with Crippen LogP contribution in [0.15, 0.2) is 10.9 Å². The quantitative estimate of drug-likeness (QED) is 0.411. The van der Waals surface area contributed by atoms with Crippen molar-refractivity contribution in [2.45, 2.75) is 27.3 Å². The number of nitrogens with two attached hydrogens (primary N) is 1. The lowest BCUT2D eigenvalue weighted by Gasteiger charge is -2.11. The van der Waals surface area contributed by atoms with E-state index in [1.807, 2.05) is 19.3 Å². The molecule has 0 aliphatic heterocycles. The number of aromatic nitrogens is 1. The minimum Gasteiger partial charge on any atom is -0.313 e. The molecule has 1 amide bonds. The second-order valence-corrected chi connectivity index (χ2v) is 3.37. The second-order valence-electron chi connectivity index (χ2n) is 3.37. The summed E-state index contributed by atoms with van der Waals surface area (Å²) in [4.78, 5) is 23.3. The van der Waals surface area contributed by atoms with Crippen molar-refractivity contribution >= 4 is 5.91 Å². The highest BCUT2D eigenvalue weighted by molar-refractivity contribution is 5.94. The summed E-state index contributed by atoms with van der Waals surface area (Å²) in [6.45, 7) is 5.95. The van der Waals surface area contributed by atoms with E-state index in [0.29, 0.717) is 12.1 Å². The highest BCUT2D eigenvalue weighted by Crippen LogP contribution is 2.05. The predicted molar refractivity (Wildman–Crippen MR) is 57.5 cm³/mol. The third-order valence-corrected chi connectivity index (χ3v) is 2.38. The number of hydrogen-bond acceptors (Lipinski definition) is 3. The van der Waals surface area contributed by atoms with Crippen LogP contribution in [0.1, 0.15) is 28.5 Å². The van der Waals surface area contributed by atoms with Gasteiger partial charge in [0, 0.05) is 12.2 Å². The molecule has 5 heteroatoms. The van der Waals surface area contributed by atoms with E-state index in [4.69, 9.17) is 5.84 Å². The summed E-state index contributed by atoms with van der Waals surface area (Å²) in [6, 6.07) is 1.80. The highest BCUT2D eigenvalue weighted by atomic mass is 16.2. The van der Waals surface area contributed by atoms with E-state index in [1.165, 1.54) is 4.57 Å². The van der Waals surface area contributed by atoms with Gasteiger partial charge in [0.25, 0.3) is 11.5 Å². The number of nitrogens with zero attached hydrogens (tertiary/aromatic N) is 1. The molecule has 1 rings (SSSR count). The Balaban J connectivity index is 3.53. The van der Waals surface area contributed by atoms with Crippen molar-refractivity contribution in [3.63, 3.8) is 0 Å². The maximum absolute atomic E-state index is 11.9. The van der Waals surface area contributed by atoms with Crippen LogP contribution in [-0.4, -0.2) is 10.5 Å². The third kappa shape index (κ3) is 1.92. The van der Waals surface area contributed by atoms with Gasteiger partial charge in [-0.1, -0.05) is 0 Å². The maximum Gasteiger partial charge on any atom is 0.271 e. The summed E-state index contributed by atoms with van der Waals surface area (Å²) in [5.74, 6) is 4.48. The van der Waals surface area contributed by atoms with Crippen molar-refractivity contribution in [2.75, 3.05) is 0 Å². The zero-order valence-corrected chi connectivity index (χ0v) is 9.13. The fourth-order valence-corrected chi connectivity index (χ4v) is 1.67. The number of rotatable bonds is 2. The number of amides is 1. The monoisotopic (exact) mass is 209 g/mol. The molecule has 0 fully saturated rings. The van der Waals surface area contributed by atoms with Crippen LogP contribution in [0.3, 0.4) is 0 Å². The summed E-state index contributed by atoms with van der Waals surface area (Å²) >= 11 is 0. The largest absolute Gasteiger partial charge is 0.313 e. The Labute approximate surface area is 87.9 Å². The normalized spacial score (nSPS) is 10.1. The summed E-state index contributed by atoms with van der Waals surface area (Å²) < 4.78 is 1.54. The predicted octanol–water partition coefficient (Wildman–Crippen LogP) is 0.0885. The van der Waals surface area contributed by atoms with Crippen LogP contribution in [0, 0.1) is 13.8 Å². The molecule has 3 N–H and O–H groups in total. The van der Waals surface area contributed by atoms with Gasteiger partial charge >= 0.3 is 0 Å². The zero-order chi connectivity index (χ0) is 11.6. The van der Waals surface area contributed by atoms with Crippen LogP contribution in [0.25, 0.3) is 0 Å². The van der Waals surface area contributed by atoms with Gasteiger partial charge in [-0.15, -0.1) is 0 Å². The lowest BCUT2D eigenvalue weighted by atomic mass is 10.1. The van der Waals surface area contributed by atoms with Crippen molar-refractivity contribution in [2.24, 2.45) is 5.84 Å². The molecule has 82 valence electrons. The van der Waals surface area contributed by atoms with Crippen LogP contribution in [0.4, 0.5) is 0 Å². The Kier molecular flexibility index (Phi) is 3.26. The molecule has 15 heavy (non-hydrogen) atoms. The van der Waals surface area contributed by atoms with Crippen LogP contribution in [-0.2, 0) is 6.54 Å². The Bertz CT molecular complexity index is 449. The number of hydrogen-bond donors (Lipinski definition) is 2. The number of aryl methyl sites for hydroxylation is 2. The van der Waals surface area contributed by atoms with Gasteiger partial charge in [0.1, 0.15) is 5.56 Å². The Morgan fingerprint density at radius 1 is 1.53 bits per heavy atom. The van der Waals surface area contributed by atoms with Crippen molar-refractivity contribution in [1.82, 2.24) is 9.99 Å². The molecule has 5 nitrogen and oxygen atoms in total. The average Bonchev–Trinajstić information content (AvgIpc) is 2.17. The topological polar surface area (TPSA) is 77.1 Å². The average molecular weight is 209 g/mol. The van der Waals surface area contributed by atoms with Crippen molar-refractivity contribution < 1.29 is 4.79 Å². The number of nitrogens with one attached hydrogen (secondary N) is 1. The van der Waals surface area contributed by atoms with E-state index in [9.17, 15) is 9.59 Å². The SMILES string of the molecule is CCn1c(C)cc(C)c(C(=O)NN)c1=O. The molecule has 0 aliphatic rings. The Morgan fingerprint density at radius 2 is 2.13 bits per heavy atom. The summed E-state index contributed by atoms with van der Waals surface area (Å²) in [5, 5.41) is 0. The second kappa shape index (κ2) is 4.27. The lowest BCUT2D eigenvalue weighted by molar-refractivity contribution is 0.0951. The van der Waals surface area contributed by atoms with Gasteiger partial charge in [0.2, 0.25) is 0 Å². The Morgan fingerprint density at radius 3 is 2.60 bits per heavy atom. The van der Waals surface area contributed by atoms with Gasteiger partial charge in [0.05, 0.1) is 0 Å². The molecule has 0 bridgehead atoms. The first kappa shape index (κ1) is 11.5. The van der Waals surface area contributed by atoms with Crippen LogP contribution in [0.5, 0.6) is 0 Å². The van der Waals surface area contributed by atoms with Gasteiger partial charge in [-0.25, -0.2) is 5.84 Å². The van der Waals surface area contributed by atoms with Crippen molar-refractivity contribution in [3.05, 3.63) is 33.2 Å². The lowest BCUT2D eigenvalue weighted by Crippen LogP contribution is -2.38. The maximum atomic E-state index is 11.9.